The number of hydrogen-bond donors (Lipinski definition) is 1. The molecule has 112 valence electrons. The van der Waals surface area contributed by atoms with Crippen LogP contribution in [0.3, 0.4) is 0 Å². The van der Waals surface area contributed by atoms with Gasteiger partial charge in [-0.2, -0.15) is 0 Å². The summed E-state index contributed by atoms with van der Waals surface area (Å²) in [6.45, 7) is 0. The number of carbonyl (C=O) groups excluding carboxylic acids is 1. The van der Waals surface area contributed by atoms with E-state index in [0.717, 1.165) is 11.1 Å². The Kier molecular flexibility index (Phi) is 4.29. The summed E-state index contributed by atoms with van der Waals surface area (Å²) in [6.07, 6.45) is 0. The van der Waals surface area contributed by atoms with Gasteiger partial charge in [-0.25, -0.2) is 4.98 Å². The van der Waals surface area contributed by atoms with Gasteiger partial charge in [-0.3, -0.25) is 4.79 Å². The summed E-state index contributed by atoms with van der Waals surface area (Å²) < 4.78 is 10.7. The smallest absolute Gasteiger partial charge is 0.257 e. The standard InChI is InChI=1S/C16H14N2O3S/c1-20-12-6-4-5-11(9-12)17-15(19)10-22-16-18-13-7-2-3-8-14(13)21-16/h2-9H,10H2,1H3,(H,17,19). The highest BCUT2D eigenvalue weighted by Gasteiger charge is 2.09. The van der Waals surface area contributed by atoms with Gasteiger partial charge in [-0.1, -0.05) is 30.0 Å². The first-order chi connectivity index (χ1) is 10.7. The van der Waals surface area contributed by atoms with Crippen molar-refractivity contribution in [2.75, 3.05) is 18.2 Å². The Bertz CT molecular complexity index is 768. The molecule has 5 nitrogen and oxygen atoms in total. The Morgan fingerprint density at radius 2 is 2.14 bits per heavy atom. The monoisotopic (exact) mass is 314 g/mol. The van der Waals surface area contributed by atoms with Crippen LogP contribution in [0.5, 0.6) is 5.75 Å². The van der Waals surface area contributed by atoms with Crippen LogP contribution in [0.25, 0.3) is 11.1 Å². The lowest BCUT2D eigenvalue weighted by molar-refractivity contribution is -0.113. The molecule has 1 amide bonds. The van der Waals surface area contributed by atoms with Crippen molar-refractivity contribution in [3.63, 3.8) is 0 Å². The van der Waals surface area contributed by atoms with E-state index in [-0.39, 0.29) is 11.7 Å². The predicted molar refractivity (Wildman–Crippen MR) is 86.4 cm³/mol. The molecular formula is C16H14N2O3S. The molecule has 0 saturated carbocycles. The maximum atomic E-state index is 12.0. The lowest BCUT2D eigenvalue weighted by Crippen LogP contribution is -2.13. The number of fused-ring (bicyclic) bond motifs is 1. The molecule has 6 heteroatoms. The molecule has 1 N–H and O–H groups in total. The number of aromatic nitrogens is 1. The molecule has 0 bridgehead atoms. The van der Waals surface area contributed by atoms with Crippen LogP contribution in [-0.2, 0) is 4.79 Å². The number of nitrogens with zero attached hydrogens (tertiary/aromatic N) is 1. The molecule has 0 aliphatic carbocycles. The minimum atomic E-state index is -0.125. The van der Waals surface area contributed by atoms with Crippen LogP contribution in [-0.4, -0.2) is 23.8 Å². The Morgan fingerprint density at radius 1 is 1.27 bits per heavy atom. The van der Waals surface area contributed by atoms with Gasteiger partial charge < -0.3 is 14.5 Å². The Morgan fingerprint density at radius 3 is 2.95 bits per heavy atom. The number of carbonyl (C=O) groups is 1. The fourth-order valence-electron chi connectivity index (χ4n) is 1.94. The van der Waals surface area contributed by atoms with E-state index in [0.29, 0.717) is 16.7 Å². The number of anilines is 1. The zero-order chi connectivity index (χ0) is 15.4. The van der Waals surface area contributed by atoms with Crippen molar-refractivity contribution in [2.45, 2.75) is 5.22 Å². The minimum Gasteiger partial charge on any atom is -0.497 e. The SMILES string of the molecule is COc1cccc(NC(=O)CSc2nc3ccccc3o2)c1. The number of methoxy groups -OCH3 is 1. The minimum absolute atomic E-state index is 0.125. The van der Waals surface area contributed by atoms with Crippen molar-refractivity contribution in [3.05, 3.63) is 48.5 Å². The summed E-state index contributed by atoms with van der Waals surface area (Å²) in [5.41, 5.74) is 2.21. The number of hydrogen-bond acceptors (Lipinski definition) is 5. The van der Waals surface area contributed by atoms with Crippen molar-refractivity contribution < 1.29 is 13.9 Å². The first kappa shape index (κ1) is 14.5. The number of amides is 1. The van der Waals surface area contributed by atoms with E-state index < -0.39 is 0 Å². The van der Waals surface area contributed by atoms with Gasteiger partial charge in [0.2, 0.25) is 5.91 Å². The second-order valence-corrected chi connectivity index (χ2v) is 5.44. The third kappa shape index (κ3) is 3.40. The molecular weight excluding hydrogens is 300 g/mol. The topological polar surface area (TPSA) is 64.4 Å². The number of thioether (sulfide) groups is 1. The van der Waals surface area contributed by atoms with Gasteiger partial charge in [-0.15, -0.1) is 0 Å². The number of oxazole rings is 1. The molecule has 0 atom stereocenters. The molecule has 0 radical (unpaired) electrons. The lowest BCUT2D eigenvalue weighted by Gasteiger charge is -2.05. The summed E-state index contributed by atoms with van der Waals surface area (Å²) in [4.78, 5) is 16.3. The van der Waals surface area contributed by atoms with Crippen LogP contribution < -0.4 is 10.1 Å². The van der Waals surface area contributed by atoms with Gasteiger partial charge in [0.1, 0.15) is 11.3 Å². The average Bonchev–Trinajstić information content (AvgIpc) is 2.96. The van der Waals surface area contributed by atoms with E-state index in [1.54, 1.807) is 13.2 Å². The highest BCUT2D eigenvalue weighted by Crippen LogP contribution is 2.23. The van der Waals surface area contributed by atoms with Crippen molar-refractivity contribution in [1.82, 2.24) is 4.98 Å². The van der Waals surface area contributed by atoms with E-state index in [4.69, 9.17) is 9.15 Å². The highest BCUT2D eigenvalue weighted by atomic mass is 32.2. The van der Waals surface area contributed by atoms with E-state index in [9.17, 15) is 4.79 Å². The molecule has 0 aliphatic rings. The van der Waals surface area contributed by atoms with Crippen LogP contribution >= 0.6 is 11.8 Å². The molecule has 1 aromatic heterocycles. The molecule has 3 rings (SSSR count). The quantitative estimate of drug-likeness (QED) is 0.729. The maximum Gasteiger partial charge on any atom is 0.257 e. The van der Waals surface area contributed by atoms with Crippen molar-refractivity contribution >= 4 is 34.5 Å². The van der Waals surface area contributed by atoms with E-state index in [1.165, 1.54) is 11.8 Å². The molecule has 0 unspecified atom stereocenters. The van der Waals surface area contributed by atoms with Crippen LogP contribution in [0.4, 0.5) is 5.69 Å². The van der Waals surface area contributed by atoms with Gasteiger partial charge >= 0.3 is 0 Å². The molecule has 0 aliphatic heterocycles. The number of benzene rings is 2. The van der Waals surface area contributed by atoms with Gasteiger partial charge in [0.15, 0.2) is 5.58 Å². The largest absolute Gasteiger partial charge is 0.497 e. The summed E-state index contributed by atoms with van der Waals surface area (Å²) >= 11 is 1.26. The first-order valence-electron chi connectivity index (χ1n) is 6.67. The van der Waals surface area contributed by atoms with Crippen LogP contribution in [0.2, 0.25) is 0 Å². The highest BCUT2D eigenvalue weighted by molar-refractivity contribution is 7.99. The second-order valence-electron chi connectivity index (χ2n) is 4.52. The Balaban J connectivity index is 1.59. The van der Waals surface area contributed by atoms with Crippen molar-refractivity contribution in [1.29, 1.82) is 0 Å². The van der Waals surface area contributed by atoms with Crippen LogP contribution in [0, 0.1) is 0 Å². The third-order valence-electron chi connectivity index (χ3n) is 2.95. The molecule has 22 heavy (non-hydrogen) atoms. The Hall–Kier alpha value is -2.47. The average molecular weight is 314 g/mol. The molecule has 3 aromatic rings. The first-order valence-corrected chi connectivity index (χ1v) is 7.65. The molecule has 2 aromatic carbocycles. The zero-order valence-corrected chi connectivity index (χ0v) is 12.7. The maximum absolute atomic E-state index is 12.0. The normalized spacial score (nSPS) is 10.6. The Labute approximate surface area is 131 Å². The summed E-state index contributed by atoms with van der Waals surface area (Å²) in [5, 5.41) is 3.30. The van der Waals surface area contributed by atoms with E-state index >= 15 is 0 Å². The number of para-hydroxylation sites is 2. The van der Waals surface area contributed by atoms with Gasteiger partial charge in [0, 0.05) is 11.8 Å². The molecule has 0 saturated heterocycles. The lowest BCUT2D eigenvalue weighted by atomic mass is 10.3. The second kappa shape index (κ2) is 6.53. The fraction of sp³-hybridized carbons (Fsp3) is 0.125. The number of nitrogens with one attached hydrogen (secondary N) is 1. The predicted octanol–water partition coefficient (Wildman–Crippen LogP) is 3.57. The van der Waals surface area contributed by atoms with E-state index in [1.807, 2.05) is 42.5 Å². The van der Waals surface area contributed by atoms with Crippen molar-refractivity contribution in [2.24, 2.45) is 0 Å². The summed E-state index contributed by atoms with van der Waals surface area (Å²) in [5.74, 6) is 0.800. The molecule has 0 fully saturated rings. The van der Waals surface area contributed by atoms with Gasteiger partial charge in [-0.05, 0) is 24.3 Å². The summed E-state index contributed by atoms with van der Waals surface area (Å²) in [7, 11) is 1.59. The zero-order valence-electron chi connectivity index (χ0n) is 11.9. The van der Waals surface area contributed by atoms with Gasteiger partial charge in [0.05, 0.1) is 12.9 Å². The number of ether oxygens (including phenoxy) is 1. The van der Waals surface area contributed by atoms with Gasteiger partial charge in [0.25, 0.3) is 5.22 Å². The third-order valence-corrected chi connectivity index (χ3v) is 3.78. The molecule has 0 spiro atoms. The summed E-state index contributed by atoms with van der Waals surface area (Å²) in [6, 6.07) is 14.7. The number of rotatable bonds is 5. The van der Waals surface area contributed by atoms with Crippen LogP contribution in [0.15, 0.2) is 58.2 Å². The van der Waals surface area contributed by atoms with Crippen LogP contribution in [0.1, 0.15) is 0 Å². The van der Waals surface area contributed by atoms with Crippen molar-refractivity contribution in [3.8, 4) is 5.75 Å². The fourth-order valence-corrected chi connectivity index (χ4v) is 2.58. The molecule has 1 heterocycles. The van der Waals surface area contributed by atoms with E-state index in [2.05, 4.69) is 10.3 Å².